The lowest BCUT2D eigenvalue weighted by Crippen LogP contribution is -1.81. The van der Waals surface area contributed by atoms with Crippen LogP contribution in [0.4, 0.5) is 0 Å². The quantitative estimate of drug-likeness (QED) is 0.393. The molecule has 0 aromatic carbocycles. The molecule has 0 spiro atoms. The summed E-state index contributed by atoms with van der Waals surface area (Å²) in [6, 6.07) is 0. The van der Waals surface area contributed by atoms with Crippen LogP contribution in [0.25, 0.3) is 0 Å². The van der Waals surface area contributed by atoms with E-state index in [-0.39, 0.29) is 0 Å². The number of allylic oxidation sites excluding steroid dienone is 2. The first-order valence-electron chi connectivity index (χ1n) is 5.98. The standard InChI is InChI=1S/C13H24/c1-3-4-5-6-7-12(2)8-9-13-10-11-13/h7,13H,3-6,8-11H2,1-2H3/b12-7-. The van der Waals surface area contributed by atoms with Crippen LogP contribution in [0.2, 0.25) is 0 Å². The topological polar surface area (TPSA) is 0 Å². The summed E-state index contributed by atoms with van der Waals surface area (Å²) in [6.45, 7) is 4.57. The van der Waals surface area contributed by atoms with Gasteiger partial charge in [0.2, 0.25) is 0 Å². The van der Waals surface area contributed by atoms with Gasteiger partial charge in [0.15, 0.2) is 0 Å². The van der Waals surface area contributed by atoms with Crippen molar-refractivity contribution in [3.8, 4) is 0 Å². The van der Waals surface area contributed by atoms with E-state index in [9.17, 15) is 0 Å². The minimum Gasteiger partial charge on any atom is -0.0856 e. The molecule has 1 aliphatic carbocycles. The van der Waals surface area contributed by atoms with Crippen LogP contribution in [0.1, 0.15) is 65.2 Å². The van der Waals surface area contributed by atoms with Crippen LogP contribution in [0.5, 0.6) is 0 Å². The second-order valence-electron chi connectivity index (χ2n) is 4.53. The average Bonchev–Trinajstić information content (AvgIpc) is 2.92. The molecule has 0 unspecified atom stereocenters. The smallest absolute Gasteiger partial charge is 0.0320 e. The van der Waals surface area contributed by atoms with E-state index in [0.717, 1.165) is 5.92 Å². The van der Waals surface area contributed by atoms with E-state index in [0.29, 0.717) is 0 Å². The predicted molar refractivity (Wildman–Crippen MR) is 59.9 cm³/mol. The molecule has 0 nitrogen and oxygen atoms in total. The molecule has 0 atom stereocenters. The molecule has 0 heteroatoms. The maximum atomic E-state index is 2.46. The molecule has 1 rings (SSSR count). The van der Waals surface area contributed by atoms with Gasteiger partial charge in [-0.1, -0.05) is 44.3 Å². The van der Waals surface area contributed by atoms with Crippen LogP contribution in [-0.4, -0.2) is 0 Å². The van der Waals surface area contributed by atoms with E-state index >= 15 is 0 Å². The second kappa shape index (κ2) is 6.23. The minimum absolute atomic E-state index is 1.10. The highest BCUT2D eigenvalue weighted by Crippen LogP contribution is 2.34. The first-order chi connectivity index (χ1) is 6.33. The molecular weight excluding hydrogens is 156 g/mol. The lowest BCUT2D eigenvalue weighted by Gasteiger charge is -2.00. The third kappa shape index (κ3) is 5.90. The van der Waals surface area contributed by atoms with Crippen molar-refractivity contribution in [2.45, 2.75) is 65.2 Å². The van der Waals surface area contributed by atoms with Crippen molar-refractivity contribution < 1.29 is 0 Å². The average molecular weight is 180 g/mol. The molecule has 1 aliphatic rings. The molecule has 0 saturated heterocycles. The van der Waals surface area contributed by atoms with Gasteiger partial charge in [-0.3, -0.25) is 0 Å². The van der Waals surface area contributed by atoms with Crippen LogP contribution >= 0.6 is 0 Å². The van der Waals surface area contributed by atoms with Crippen molar-refractivity contribution in [2.75, 3.05) is 0 Å². The van der Waals surface area contributed by atoms with Crippen molar-refractivity contribution in [1.82, 2.24) is 0 Å². The Kier molecular flexibility index (Phi) is 5.19. The Hall–Kier alpha value is -0.260. The SMILES string of the molecule is CCCCC/C=C(/C)CCC1CC1. The Labute approximate surface area is 83.4 Å². The van der Waals surface area contributed by atoms with Gasteiger partial charge in [-0.05, 0) is 38.5 Å². The second-order valence-corrected chi connectivity index (χ2v) is 4.53. The molecule has 0 aliphatic heterocycles. The van der Waals surface area contributed by atoms with Crippen LogP contribution in [0.15, 0.2) is 11.6 Å². The molecular formula is C13H24. The zero-order valence-electron chi connectivity index (χ0n) is 9.31. The van der Waals surface area contributed by atoms with Gasteiger partial charge in [0.05, 0.1) is 0 Å². The van der Waals surface area contributed by atoms with E-state index in [1.54, 1.807) is 5.57 Å². The van der Waals surface area contributed by atoms with Crippen molar-refractivity contribution in [3.05, 3.63) is 11.6 Å². The molecule has 0 bridgehead atoms. The molecule has 13 heavy (non-hydrogen) atoms. The summed E-state index contributed by atoms with van der Waals surface area (Å²) in [5.41, 5.74) is 1.63. The summed E-state index contributed by atoms with van der Waals surface area (Å²) in [6.07, 6.45) is 13.7. The fraction of sp³-hybridized carbons (Fsp3) is 0.846. The fourth-order valence-corrected chi connectivity index (χ4v) is 1.68. The van der Waals surface area contributed by atoms with E-state index in [1.165, 1.54) is 51.4 Å². The summed E-state index contributed by atoms with van der Waals surface area (Å²) < 4.78 is 0. The number of hydrogen-bond donors (Lipinski definition) is 0. The van der Waals surface area contributed by atoms with Gasteiger partial charge in [-0.15, -0.1) is 0 Å². The molecule has 76 valence electrons. The third-order valence-corrected chi connectivity index (χ3v) is 2.94. The van der Waals surface area contributed by atoms with Crippen LogP contribution in [-0.2, 0) is 0 Å². The molecule has 0 heterocycles. The Morgan fingerprint density at radius 1 is 1.31 bits per heavy atom. The number of rotatable bonds is 7. The number of unbranched alkanes of at least 4 members (excludes halogenated alkanes) is 3. The van der Waals surface area contributed by atoms with E-state index in [2.05, 4.69) is 19.9 Å². The lowest BCUT2D eigenvalue weighted by molar-refractivity contribution is 0.704. The normalized spacial score (nSPS) is 17.8. The summed E-state index contributed by atoms with van der Waals surface area (Å²) in [5.74, 6) is 1.10. The molecule has 1 fully saturated rings. The summed E-state index contributed by atoms with van der Waals surface area (Å²) in [5, 5.41) is 0. The highest BCUT2D eigenvalue weighted by atomic mass is 14.3. The van der Waals surface area contributed by atoms with Gasteiger partial charge in [-0.2, -0.15) is 0 Å². The third-order valence-electron chi connectivity index (χ3n) is 2.94. The van der Waals surface area contributed by atoms with Crippen molar-refractivity contribution >= 4 is 0 Å². The first-order valence-corrected chi connectivity index (χ1v) is 5.98. The summed E-state index contributed by atoms with van der Waals surface area (Å²) >= 11 is 0. The van der Waals surface area contributed by atoms with Crippen molar-refractivity contribution in [1.29, 1.82) is 0 Å². The zero-order chi connectivity index (χ0) is 9.52. The summed E-state index contributed by atoms with van der Waals surface area (Å²) in [4.78, 5) is 0. The van der Waals surface area contributed by atoms with Gasteiger partial charge < -0.3 is 0 Å². The Balaban J connectivity index is 1.95. The van der Waals surface area contributed by atoms with Crippen LogP contribution < -0.4 is 0 Å². The van der Waals surface area contributed by atoms with Gasteiger partial charge in [-0.25, -0.2) is 0 Å². The van der Waals surface area contributed by atoms with Crippen molar-refractivity contribution in [2.24, 2.45) is 5.92 Å². The first kappa shape index (κ1) is 10.8. The Morgan fingerprint density at radius 2 is 2.08 bits per heavy atom. The van der Waals surface area contributed by atoms with Crippen LogP contribution in [0.3, 0.4) is 0 Å². The Morgan fingerprint density at radius 3 is 2.69 bits per heavy atom. The predicted octanol–water partition coefficient (Wildman–Crippen LogP) is 4.70. The van der Waals surface area contributed by atoms with E-state index in [1.807, 2.05) is 0 Å². The zero-order valence-corrected chi connectivity index (χ0v) is 9.31. The highest BCUT2D eigenvalue weighted by Gasteiger charge is 2.20. The fourth-order valence-electron chi connectivity index (χ4n) is 1.68. The van der Waals surface area contributed by atoms with Crippen molar-refractivity contribution in [3.63, 3.8) is 0 Å². The van der Waals surface area contributed by atoms with E-state index < -0.39 is 0 Å². The number of hydrogen-bond acceptors (Lipinski definition) is 0. The lowest BCUT2D eigenvalue weighted by atomic mass is 10.1. The molecule has 1 saturated carbocycles. The van der Waals surface area contributed by atoms with Gasteiger partial charge in [0.1, 0.15) is 0 Å². The minimum atomic E-state index is 1.10. The van der Waals surface area contributed by atoms with Gasteiger partial charge in [0.25, 0.3) is 0 Å². The van der Waals surface area contributed by atoms with E-state index in [4.69, 9.17) is 0 Å². The molecule has 0 N–H and O–H groups in total. The molecule has 0 aromatic heterocycles. The largest absolute Gasteiger partial charge is 0.0856 e. The maximum absolute atomic E-state index is 2.46. The Bertz CT molecular complexity index is 151. The highest BCUT2D eigenvalue weighted by molar-refractivity contribution is 4.98. The molecule has 0 aromatic rings. The van der Waals surface area contributed by atoms with Gasteiger partial charge >= 0.3 is 0 Å². The molecule has 0 radical (unpaired) electrons. The monoisotopic (exact) mass is 180 g/mol. The maximum Gasteiger partial charge on any atom is -0.0320 e. The summed E-state index contributed by atoms with van der Waals surface area (Å²) in [7, 11) is 0. The molecule has 0 amide bonds. The van der Waals surface area contributed by atoms with Gasteiger partial charge in [0, 0.05) is 0 Å². The van der Waals surface area contributed by atoms with Crippen LogP contribution in [0, 0.1) is 5.92 Å².